The Labute approximate surface area is 183 Å². The van der Waals surface area contributed by atoms with Gasteiger partial charge in [-0.1, -0.05) is 54.6 Å². The molecule has 2 atom stereocenters. The average molecular weight is 424 g/mol. The van der Waals surface area contributed by atoms with Gasteiger partial charge in [0, 0.05) is 6.42 Å². The number of aliphatic hydroxyl groups is 1. The third kappa shape index (κ3) is 5.15. The van der Waals surface area contributed by atoms with Crippen LogP contribution >= 0.6 is 0 Å². The van der Waals surface area contributed by atoms with Gasteiger partial charge in [0.2, 0.25) is 5.91 Å². The first-order chi connectivity index (χ1) is 14.5. The first kappa shape index (κ1) is 23.0. The minimum absolute atomic E-state index is 0.201. The number of amides is 2. The number of aliphatic hydroxyl groups excluding tert-OH is 1. The molecular formula is C23H29BN2O5. The third-order valence-electron chi connectivity index (χ3n) is 5.97. The molecule has 1 saturated heterocycles. The molecule has 0 aliphatic carbocycles. The Bertz CT molecular complexity index is 915. The number of carbonyl (C=O) groups excluding carboxylic acids is 2. The molecule has 3 rings (SSSR count). The molecule has 8 heteroatoms. The molecule has 1 fully saturated rings. The van der Waals surface area contributed by atoms with Crippen LogP contribution in [-0.2, 0) is 25.3 Å². The summed E-state index contributed by atoms with van der Waals surface area (Å²) in [5.74, 6) is -1.35. The van der Waals surface area contributed by atoms with Crippen LogP contribution in [0.3, 0.4) is 0 Å². The lowest BCUT2D eigenvalue weighted by Gasteiger charge is -2.32. The first-order valence-electron chi connectivity index (χ1n) is 10.3. The molecule has 2 amide bonds. The van der Waals surface area contributed by atoms with Crippen molar-refractivity contribution >= 4 is 24.4 Å². The van der Waals surface area contributed by atoms with Crippen molar-refractivity contribution in [2.75, 3.05) is 0 Å². The van der Waals surface area contributed by atoms with Crippen molar-refractivity contribution < 1.29 is 24.0 Å². The maximum Gasteiger partial charge on any atom is 0.494 e. The lowest BCUT2D eigenvalue weighted by atomic mass is 9.78. The van der Waals surface area contributed by atoms with Crippen molar-refractivity contribution in [1.82, 2.24) is 5.32 Å². The molecule has 0 radical (unpaired) electrons. The van der Waals surface area contributed by atoms with Crippen LogP contribution in [-0.4, -0.2) is 41.3 Å². The summed E-state index contributed by atoms with van der Waals surface area (Å²) in [4.78, 5) is 24.3. The molecule has 0 unspecified atom stereocenters. The maximum absolute atomic E-state index is 12.4. The highest BCUT2D eigenvalue weighted by Gasteiger charge is 2.51. The van der Waals surface area contributed by atoms with E-state index in [-0.39, 0.29) is 6.42 Å². The van der Waals surface area contributed by atoms with E-state index in [9.17, 15) is 14.7 Å². The highest BCUT2D eigenvalue weighted by molar-refractivity contribution is 6.62. The predicted molar refractivity (Wildman–Crippen MR) is 118 cm³/mol. The lowest BCUT2D eigenvalue weighted by molar-refractivity contribution is -0.133. The molecule has 0 aromatic heterocycles. The van der Waals surface area contributed by atoms with Crippen LogP contribution in [0.2, 0.25) is 0 Å². The van der Waals surface area contributed by atoms with Gasteiger partial charge in [0.1, 0.15) is 6.04 Å². The zero-order valence-electron chi connectivity index (χ0n) is 18.3. The van der Waals surface area contributed by atoms with Gasteiger partial charge in [0.15, 0.2) is 6.10 Å². The third-order valence-corrected chi connectivity index (χ3v) is 5.97. The summed E-state index contributed by atoms with van der Waals surface area (Å²) in [5.41, 5.74) is 6.73. The molecular weight excluding hydrogens is 395 g/mol. The lowest BCUT2D eigenvalue weighted by Crippen LogP contribution is -2.47. The van der Waals surface area contributed by atoms with Crippen LogP contribution < -0.4 is 16.5 Å². The number of benzene rings is 2. The average Bonchev–Trinajstić information content (AvgIpc) is 2.95. The fourth-order valence-electron chi connectivity index (χ4n) is 3.29. The molecule has 1 aliphatic heterocycles. The van der Waals surface area contributed by atoms with Gasteiger partial charge in [-0.15, -0.1) is 0 Å². The second-order valence-electron chi connectivity index (χ2n) is 8.81. The summed E-state index contributed by atoms with van der Waals surface area (Å²) in [5, 5.41) is 12.8. The van der Waals surface area contributed by atoms with E-state index in [1.165, 1.54) is 0 Å². The van der Waals surface area contributed by atoms with E-state index in [2.05, 4.69) is 5.32 Å². The smallest absolute Gasteiger partial charge is 0.399 e. The van der Waals surface area contributed by atoms with Crippen LogP contribution in [0.1, 0.15) is 44.9 Å². The van der Waals surface area contributed by atoms with Gasteiger partial charge in [-0.3, -0.25) is 9.59 Å². The van der Waals surface area contributed by atoms with Crippen molar-refractivity contribution in [1.29, 1.82) is 0 Å². The van der Waals surface area contributed by atoms with Crippen molar-refractivity contribution in [3.05, 3.63) is 65.7 Å². The van der Waals surface area contributed by atoms with Crippen LogP contribution in [0.15, 0.2) is 54.6 Å². The van der Waals surface area contributed by atoms with Crippen LogP contribution in [0.4, 0.5) is 0 Å². The van der Waals surface area contributed by atoms with Crippen LogP contribution in [0, 0.1) is 0 Å². The zero-order chi connectivity index (χ0) is 22.8. The van der Waals surface area contributed by atoms with Gasteiger partial charge in [0.25, 0.3) is 5.91 Å². The summed E-state index contributed by atoms with van der Waals surface area (Å²) in [6.07, 6.45) is -1.18. The second kappa shape index (κ2) is 8.82. The Hall–Kier alpha value is -2.68. The Morgan fingerprint density at radius 2 is 1.55 bits per heavy atom. The zero-order valence-corrected chi connectivity index (χ0v) is 18.3. The Morgan fingerprint density at radius 1 is 1.00 bits per heavy atom. The highest BCUT2D eigenvalue weighted by atomic mass is 16.7. The molecule has 1 aliphatic rings. The van der Waals surface area contributed by atoms with Crippen molar-refractivity contribution in [2.24, 2.45) is 5.73 Å². The monoisotopic (exact) mass is 424 g/mol. The molecule has 0 bridgehead atoms. The molecule has 2 aromatic carbocycles. The number of carbonyl (C=O) groups is 2. The van der Waals surface area contributed by atoms with Gasteiger partial charge in [-0.05, 0) is 44.3 Å². The Morgan fingerprint density at radius 3 is 2.06 bits per heavy atom. The van der Waals surface area contributed by atoms with Crippen molar-refractivity contribution in [2.45, 2.75) is 57.5 Å². The van der Waals surface area contributed by atoms with Crippen molar-refractivity contribution in [3.63, 3.8) is 0 Å². The number of hydrogen-bond donors (Lipinski definition) is 3. The molecule has 31 heavy (non-hydrogen) atoms. The van der Waals surface area contributed by atoms with E-state index in [0.29, 0.717) is 5.56 Å². The van der Waals surface area contributed by atoms with E-state index in [1.807, 2.05) is 52.0 Å². The van der Waals surface area contributed by atoms with Gasteiger partial charge in [0.05, 0.1) is 11.2 Å². The summed E-state index contributed by atoms with van der Waals surface area (Å²) < 4.78 is 12.1. The molecule has 7 nitrogen and oxygen atoms in total. The van der Waals surface area contributed by atoms with E-state index < -0.39 is 42.3 Å². The van der Waals surface area contributed by atoms with Crippen LogP contribution in [0.5, 0.6) is 0 Å². The fraction of sp³-hybridized carbons (Fsp3) is 0.391. The fourth-order valence-corrected chi connectivity index (χ4v) is 3.29. The van der Waals surface area contributed by atoms with Gasteiger partial charge >= 0.3 is 7.12 Å². The van der Waals surface area contributed by atoms with Crippen molar-refractivity contribution in [3.8, 4) is 0 Å². The minimum atomic E-state index is -1.38. The van der Waals surface area contributed by atoms with Crippen LogP contribution in [0.25, 0.3) is 0 Å². The molecule has 2 aromatic rings. The van der Waals surface area contributed by atoms with E-state index >= 15 is 0 Å². The molecule has 1 heterocycles. The number of primary amides is 1. The predicted octanol–water partition coefficient (Wildman–Crippen LogP) is 1.23. The highest BCUT2D eigenvalue weighted by Crippen LogP contribution is 2.36. The van der Waals surface area contributed by atoms with E-state index in [1.54, 1.807) is 30.3 Å². The van der Waals surface area contributed by atoms with Gasteiger partial charge in [-0.2, -0.15) is 0 Å². The summed E-state index contributed by atoms with van der Waals surface area (Å²) in [6.45, 7) is 7.97. The summed E-state index contributed by atoms with van der Waals surface area (Å²) in [6, 6.07) is 15.0. The number of nitrogens with one attached hydrogen (secondary N) is 1. The maximum atomic E-state index is 12.4. The summed E-state index contributed by atoms with van der Waals surface area (Å²) in [7, 11) is -0.480. The SMILES string of the molecule is CC1(C)OB(c2ccc(C[C@@H](NC(=O)[C@@H](O)c3ccccc3)C(N)=O)cc2)OC1(C)C. The Balaban J connectivity index is 1.66. The number of rotatable bonds is 7. The Kier molecular flexibility index (Phi) is 6.55. The number of nitrogens with two attached hydrogens (primary N) is 1. The quantitative estimate of drug-likeness (QED) is 0.579. The molecule has 0 spiro atoms. The van der Waals surface area contributed by atoms with Gasteiger partial charge in [-0.25, -0.2) is 0 Å². The normalized spacial score (nSPS) is 18.9. The van der Waals surface area contributed by atoms with Gasteiger partial charge < -0.3 is 25.5 Å². The standard InChI is InChI=1S/C23H29BN2O5/c1-22(2)23(3,4)31-24(30-22)17-12-10-15(11-13-17)14-18(20(25)28)26-21(29)19(27)16-8-6-5-7-9-16/h5-13,18-19,27H,14H2,1-4H3,(H2,25,28)(H,26,29)/t18-,19+/m1/s1. The van der Waals surface area contributed by atoms with E-state index in [0.717, 1.165) is 11.0 Å². The summed E-state index contributed by atoms with van der Waals surface area (Å²) >= 11 is 0. The topological polar surface area (TPSA) is 111 Å². The minimum Gasteiger partial charge on any atom is -0.399 e. The first-order valence-corrected chi connectivity index (χ1v) is 10.3. The molecule has 4 N–H and O–H groups in total. The molecule has 0 saturated carbocycles. The van der Waals surface area contributed by atoms with E-state index in [4.69, 9.17) is 15.0 Å². The second-order valence-corrected chi connectivity index (χ2v) is 8.81. The molecule has 164 valence electrons. The number of hydrogen-bond acceptors (Lipinski definition) is 5. The largest absolute Gasteiger partial charge is 0.494 e.